The van der Waals surface area contributed by atoms with Crippen LogP contribution in [0.3, 0.4) is 0 Å². The SMILES string of the molecule is CC1(C)c2ccccc2-c2ccc(-c3ccc4c(c3)CCCC4)cc21. The summed E-state index contributed by atoms with van der Waals surface area (Å²) in [5.41, 5.74) is 11.6. The van der Waals surface area contributed by atoms with Crippen LogP contribution in [0.1, 0.15) is 48.9 Å². The molecule has 0 heterocycles. The molecule has 5 rings (SSSR count). The fourth-order valence-electron chi connectivity index (χ4n) is 4.80. The minimum absolute atomic E-state index is 0.0795. The molecule has 2 aliphatic rings. The average Bonchev–Trinajstić information content (AvgIpc) is 2.89. The topological polar surface area (TPSA) is 0 Å². The Morgan fingerprint density at radius 1 is 0.640 bits per heavy atom. The van der Waals surface area contributed by atoms with Crippen LogP contribution >= 0.6 is 0 Å². The van der Waals surface area contributed by atoms with Gasteiger partial charge in [-0.05, 0) is 76.3 Å². The summed E-state index contributed by atoms with van der Waals surface area (Å²) in [6.45, 7) is 4.71. The fourth-order valence-corrected chi connectivity index (χ4v) is 4.80. The second-order valence-electron chi connectivity index (χ2n) is 8.12. The zero-order chi connectivity index (χ0) is 17.0. The molecule has 0 N–H and O–H groups in total. The highest BCUT2D eigenvalue weighted by atomic mass is 14.4. The van der Waals surface area contributed by atoms with E-state index in [1.807, 2.05) is 0 Å². The molecule has 0 amide bonds. The van der Waals surface area contributed by atoms with Gasteiger partial charge in [-0.3, -0.25) is 0 Å². The molecule has 0 saturated heterocycles. The van der Waals surface area contributed by atoms with E-state index in [9.17, 15) is 0 Å². The number of benzene rings is 3. The normalized spacial score (nSPS) is 16.9. The summed E-state index contributed by atoms with van der Waals surface area (Å²) in [6, 6.07) is 23.1. The number of fused-ring (bicyclic) bond motifs is 4. The Labute approximate surface area is 150 Å². The molecule has 0 fully saturated rings. The van der Waals surface area contributed by atoms with Gasteiger partial charge < -0.3 is 0 Å². The van der Waals surface area contributed by atoms with Gasteiger partial charge in [-0.15, -0.1) is 0 Å². The molecule has 0 aromatic heterocycles. The maximum absolute atomic E-state index is 2.44. The molecule has 0 aliphatic heterocycles. The number of rotatable bonds is 1. The third-order valence-corrected chi connectivity index (χ3v) is 6.27. The van der Waals surface area contributed by atoms with Crippen molar-refractivity contribution in [3.63, 3.8) is 0 Å². The molecular formula is C25H24. The van der Waals surface area contributed by atoms with Crippen molar-refractivity contribution in [2.45, 2.75) is 44.9 Å². The van der Waals surface area contributed by atoms with Crippen LogP contribution in [0.4, 0.5) is 0 Å². The molecule has 3 aromatic carbocycles. The van der Waals surface area contributed by atoms with Crippen molar-refractivity contribution in [2.24, 2.45) is 0 Å². The second-order valence-corrected chi connectivity index (χ2v) is 8.12. The van der Waals surface area contributed by atoms with E-state index < -0.39 is 0 Å². The molecule has 2 aliphatic carbocycles. The summed E-state index contributed by atoms with van der Waals surface area (Å²) in [5, 5.41) is 0. The summed E-state index contributed by atoms with van der Waals surface area (Å²) in [5.74, 6) is 0. The Morgan fingerprint density at radius 3 is 2.20 bits per heavy atom. The van der Waals surface area contributed by atoms with Crippen LogP contribution in [0, 0.1) is 0 Å². The van der Waals surface area contributed by atoms with Crippen LogP contribution in [-0.2, 0) is 18.3 Å². The predicted octanol–water partition coefficient (Wildman–Crippen LogP) is 6.54. The van der Waals surface area contributed by atoms with Crippen molar-refractivity contribution in [1.82, 2.24) is 0 Å². The summed E-state index contributed by atoms with van der Waals surface area (Å²) in [6.07, 6.45) is 5.17. The molecule has 25 heavy (non-hydrogen) atoms. The Hall–Kier alpha value is -2.34. The summed E-state index contributed by atoms with van der Waals surface area (Å²) in [4.78, 5) is 0. The second kappa shape index (κ2) is 5.33. The maximum atomic E-state index is 2.44. The van der Waals surface area contributed by atoms with E-state index in [1.165, 1.54) is 59.1 Å². The smallest absolute Gasteiger partial charge is 0.0159 e. The molecule has 0 atom stereocenters. The Morgan fingerprint density at radius 2 is 1.32 bits per heavy atom. The molecule has 0 radical (unpaired) electrons. The molecule has 0 spiro atoms. The molecule has 0 saturated carbocycles. The van der Waals surface area contributed by atoms with Crippen molar-refractivity contribution in [2.75, 3.05) is 0 Å². The molecule has 0 heteroatoms. The Balaban J connectivity index is 1.64. The number of hydrogen-bond acceptors (Lipinski definition) is 0. The van der Waals surface area contributed by atoms with Crippen molar-refractivity contribution in [3.8, 4) is 22.3 Å². The third kappa shape index (κ3) is 2.20. The van der Waals surface area contributed by atoms with Gasteiger partial charge in [-0.2, -0.15) is 0 Å². The van der Waals surface area contributed by atoms with E-state index in [2.05, 4.69) is 74.5 Å². The maximum Gasteiger partial charge on any atom is 0.0159 e. The lowest BCUT2D eigenvalue weighted by atomic mass is 9.81. The van der Waals surface area contributed by atoms with Crippen LogP contribution < -0.4 is 0 Å². The minimum Gasteiger partial charge on any atom is -0.0619 e. The molecule has 124 valence electrons. The van der Waals surface area contributed by atoms with Gasteiger partial charge in [0.15, 0.2) is 0 Å². The van der Waals surface area contributed by atoms with Gasteiger partial charge in [0.05, 0.1) is 0 Å². The van der Waals surface area contributed by atoms with E-state index in [1.54, 1.807) is 11.1 Å². The quantitative estimate of drug-likeness (QED) is 0.477. The van der Waals surface area contributed by atoms with Gasteiger partial charge in [-0.1, -0.05) is 68.4 Å². The van der Waals surface area contributed by atoms with Gasteiger partial charge >= 0.3 is 0 Å². The Bertz CT molecular complexity index is 975. The zero-order valence-electron chi connectivity index (χ0n) is 15.1. The van der Waals surface area contributed by atoms with E-state index >= 15 is 0 Å². The van der Waals surface area contributed by atoms with Crippen LogP contribution in [0.5, 0.6) is 0 Å². The molecule has 3 aromatic rings. The Kier molecular flexibility index (Phi) is 3.19. The highest BCUT2D eigenvalue weighted by molar-refractivity contribution is 5.83. The summed E-state index contributed by atoms with van der Waals surface area (Å²) >= 11 is 0. The zero-order valence-corrected chi connectivity index (χ0v) is 15.1. The van der Waals surface area contributed by atoms with Gasteiger partial charge in [-0.25, -0.2) is 0 Å². The van der Waals surface area contributed by atoms with Gasteiger partial charge in [0.1, 0.15) is 0 Å². The molecule has 0 bridgehead atoms. The monoisotopic (exact) mass is 324 g/mol. The first-order valence-electron chi connectivity index (χ1n) is 9.51. The van der Waals surface area contributed by atoms with E-state index in [0.29, 0.717) is 0 Å². The minimum atomic E-state index is 0.0795. The predicted molar refractivity (Wildman–Crippen MR) is 106 cm³/mol. The first-order chi connectivity index (χ1) is 12.1. The number of hydrogen-bond donors (Lipinski definition) is 0. The van der Waals surface area contributed by atoms with Crippen LogP contribution in [0.2, 0.25) is 0 Å². The summed E-state index contributed by atoms with van der Waals surface area (Å²) in [7, 11) is 0. The lowest BCUT2D eigenvalue weighted by molar-refractivity contribution is 0.660. The highest BCUT2D eigenvalue weighted by Gasteiger charge is 2.35. The van der Waals surface area contributed by atoms with Gasteiger partial charge in [0.25, 0.3) is 0 Å². The number of aryl methyl sites for hydroxylation is 2. The van der Waals surface area contributed by atoms with Crippen molar-refractivity contribution < 1.29 is 0 Å². The third-order valence-electron chi connectivity index (χ3n) is 6.27. The van der Waals surface area contributed by atoms with Crippen LogP contribution in [-0.4, -0.2) is 0 Å². The standard InChI is InChI=1S/C25H24/c1-25(2)23-10-6-5-9-21(23)22-14-13-20(16-24(22)25)19-12-11-17-7-3-4-8-18(17)15-19/h5-6,9-16H,3-4,7-8H2,1-2H3. The average molecular weight is 324 g/mol. The van der Waals surface area contributed by atoms with E-state index in [4.69, 9.17) is 0 Å². The van der Waals surface area contributed by atoms with E-state index in [-0.39, 0.29) is 5.41 Å². The van der Waals surface area contributed by atoms with Crippen LogP contribution in [0.25, 0.3) is 22.3 Å². The molecule has 0 nitrogen and oxygen atoms in total. The van der Waals surface area contributed by atoms with Crippen molar-refractivity contribution in [3.05, 3.63) is 82.9 Å². The molecular weight excluding hydrogens is 300 g/mol. The summed E-state index contributed by atoms with van der Waals surface area (Å²) < 4.78 is 0. The first kappa shape index (κ1) is 15.0. The lowest BCUT2D eigenvalue weighted by Crippen LogP contribution is -2.14. The largest absolute Gasteiger partial charge is 0.0619 e. The fraction of sp³-hybridized carbons (Fsp3) is 0.280. The lowest BCUT2D eigenvalue weighted by Gasteiger charge is -2.22. The van der Waals surface area contributed by atoms with E-state index in [0.717, 1.165) is 0 Å². The van der Waals surface area contributed by atoms with Crippen molar-refractivity contribution in [1.29, 1.82) is 0 Å². The van der Waals surface area contributed by atoms with Gasteiger partial charge in [0.2, 0.25) is 0 Å². The van der Waals surface area contributed by atoms with Crippen LogP contribution in [0.15, 0.2) is 60.7 Å². The van der Waals surface area contributed by atoms with Gasteiger partial charge in [0, 0.05) is 5.41 Å². The highest BCUT2D eigenvalue weighted by Crippen LogP contribution is 2.49. The first-order valence-corrected chi connectivity index (χ1v) is 9.51. The van der Waals surface area contributed by atoms with Crippen molar-refractivity contribution >= 4 is 0 Å². The molecule has 0 unspecified atom stereocenters.